The highest BCUT2D eigenvalue weighted by molar-refractivity contribution is 7.78. The van der Waals surface area contributed by atoms with Gasteiger partial charge in [-0.3, -0.25) is 9.10 Å². The van der Waals surface area contributed by atoms with Crippen LogP contribution in [0.2, 0.25) is 0 Å². The van der Waals surface area contributed by atoms with Gasteiger partial charge in [-0.15, -0.1) is 0 Å². The lowest BCUT2D eigenvalue weighted by Gasteiger charge is -2.00. The van der Waals surface area contributed by atoms with Crippen LogP contribution in [0.25, 0.3) is 0 Å². The number of hydrogen-bond acceptors (Lipinski definition) is 2. The summed E-state index contributed by atoms with van der Waals surface area (Å²) in [6, 6.07) is 0. The summed E-state index contributed by atoms with van der Waals surface area (Å²) in [6.45, 7) is 1.45. The highest BCUT2D eigenvalue weighted by atomic mass is 32.1. The summed E-state index contributed by atoms with van der Waals surface area (Å²) in [5, 5.41) is 0. The summed E-state index contributed by atoms with van der Waals surface area (Å²) < 4.78 is 1.22. The Morgan fingerprint density at radius 2 is 2.00 bits per heavy atom. The summed E-state index contributed by atoms with van der Waals surface area (Å²) in [7, 11) is 1.59. The molecule has 0 N–H and O–H groups in total. The lowest BCUT2D eigenvalue weighted by Crippen LogP contribution is -2.10. The van der Waals surface area contributed by atoms with Crippen LogP contribution in [-0.2, 0) is 4.79 Å². The van der Waals surface area contributed by atoms with Crippen LogP contribution >= 0.6 is 12.8 Å². The molecule has 36 valence electrons. The quantitative estimate of drug-likeness (QED) is 0.439. The fourth-order valence-corrected chi connectivity index (χ4v) is 0. The van der Waals surface area contributed by atoms with E-state index in [1.807, 2.05) is 0 Å². The Hall–Kier alpha value is -0.180. The highest BCUT2D eigenvalue weighted by Crippen LogP contribution is 1.83. The Morgan fingerprint density at radius 1 is 1.83 bits per heavy atom. The number of nitrogens with zero attached hydrogens (tertiary/aromatic N) is 1. The maximum atomic E-state index is 9.99. The molecule has 0 heterocycles. The largest absolute Gasteiger partial charge is 0.292 e. The average Bonchev–Trinajstić information content (AvgIpc) is 1.36. The van der Waals surface area contributed by atoms with Crippen LogP contribution in [0.5, 0.6) is 0 Å². The maximum Gasteiger partial charge on any atom is 0.228 e. The maximum absolute atomic E-state index is 9.99. The predicted octanol–water partition coefficient (Wildman–Crippen LogP) is 0.310. The smallest absolute Gasteiger partial charge is 0.228 e. The van der Waals surface area contributed by atoms with Gasteiger partial charge in [0.05, 0.1) is 0 Å². The fraction of sp³-hybridized carbons (Fsp3) is 0.667. The van der Waals surface area contributed by atoms with Crippen LogP contribution in [0.1, 0.15) is 6.92 Å². The van der Waals surface area contributed by atoms with Gasteiger partial charge in [-0.2, -0.15) is 0 Å². The van der Waals surface area contributed by atoms with Gasteiger partial charge in [0.25, 0.3) is 0 Å². The zero-order chi connectivity index (χ0) is 5.15. The lowest BCUT2D eigenvalue weighted by molar-refractivity contribution is -0.122. The summed E-state index contributed by atoms with van der Waals surface area (Å²) in [4.78, 5) is 9.99. The second kappa shape index (κ2) is 2.08. The zero-order valence-electron chi connectivity index (χ0n) is 3.80. The van der Waals surface area contributed by atoms with E-state index < -0.39 is 0 Å². The Labute approximate surface area is 42.7 Å². The van der Waals surface area contributed by atoms with Gasteiger partial charge in [0.2, 0.25) is 5.91 Å². The van der Waals surface area contributed by atoms with Gasteiger partial charge in [0.1, 0.15) is 0 Å². The van der Waals surface area contributed by atoms with E-state index >= 15 is 0 Å². The third kappa shape index (κ3) is 2.08. The number of rotatable bonds is 0. The van der Waals surface area contributed by atoms with Gasteiger partial charge in [-0.1, -0.05) is 12.8 Å². The van der Waals surface area contributed by atoms with Crippen molar-refractivity contribution in [1.82, 2.24) is 4.31 Å². The molecule has 1 amide bonds. The van der Waals surface area contributed by atoms with Crippen LogP contribution in [0.4, 0.5) is 0 Å². The van der Waals surface area contributed by atoms with Gasteiger partial charge < -0.3 is 0 Å². The molecule has 0 saturated heterocycles. The second-order valence-electron chi connectivity index (χ2n) is 1.04. The minimum Gasteiger partial charge on any atom is -0.292 e. The Morgan fingerprint density at radius 3 is 2.00 bits per heavy atom. The van der Waals surface area contributed by atoms with Crippen LogP contribution in [0, 0.1) is 0 Å². The third-order valence-electron chi connectivity index (χ3n) is 0.456. The first-order valence-corrected chi connectivity index (χ1v) is 1.97. The SMILES string of the molecule is CC(=O)N(C)S. The molecule has 0 aliphatic carbocycles. The molecule has 0 fully saturated rings. The molecule has 0 aromatic heterocycles. The van der Waals surface area contributed by atoms with Gasteiger partial charge >= 0.3 is 0 Å². The van der Waals surface area contributed by atoms with Crippen molar-refractivity contribution in [1.29, 1.82) is 0 Å². The molecule has 0 rings (SSSR count). The molecular formula is C3H7NOS. The van der Waals surface area contributed by atoms with Crippen molar-refractivity contribution in [2.45, 2.75) is 6.92 Å². The van der Waals surface area contributed by atoms with Crippen molar-refractivity contribution >= 4 is 18.7 Å². The van der Waals surface area contributed by atoms with E-state index in [1.54, 1.807) is 7.05 Å². The van der Waals surface area contributed by atoms with E-state index in [2.05, 4.69) is 12.8 Å². The molecule has 6 heavy (non-hydrogen) atoms. The van der Waals surface area contributed by atoms with E-state index in [-0.39, 0.29) is 5.91 Å². The average molecular weight is 105 g/mol. The van der Waals surface area contributed by atoms with E-state index in [4.69, 9.17) is 0 Å². The number of carbonyl (C=O) groups excluding carboxylic acids is 1. The minimum absolute atomic E-state index is 0.0432. The van der Waals surface area contributed by atoms with E-state index in [0.717, 1.165) is 0 Å². The summed E-state index contributed by atoms with van der Waals surface area (Å²) in [5.41, 5.74) is 0. The van der Waals surface area contributed by atoms with Gasteiger partial charge in [0, 0.05) is 14.0 Å². The first-order valence-electron chi connectivity index (χ1n) is 1.57. The summed E-state index contributed by atoms with van der Waals surface area (Å²) in [5.74, 6) is -0.0432. The van der Waals surface area contributed by atoms with Gasteiger partial charge in [-0.05, 0) is 0 Å². The normalized spacial score (nSPS) is 7.83. The molecule has 0 aliphatic heterocycles. The molecule has 0 aliphatic rings. The second-order valence-corrected chi connectivity index (χ2v) is 1.64. The Kier molecular flexibility index (Phi) is 2.01. The molecule has 0 spiro atoms. The molecule has 3 heteroatoms. The Bertz CT molecular complexity index is 61.8. The first-order chi connectivity index (χ1) is 2.64. The highest BCUT2D eigenvalue weighted by Gasteiger charge is 1.89. The molecule has 0 aromatic carbocycles. The first kappa shape index (κ1) is 5.82. The van der Waals surface area contributed by atoms with E-state index in [1.165, 1.54) is 11.2 Å². The molecule has 0 bridgehead atoms. The van der Waals surface area contributed by atoms with E-state index in [9.17, 15) is 4.79 Å². The van der Waals surface area contributed by atoms with Gasteiger partial charge in [0.15, 0.2) is 0 Å². The molecule has 0 radical (unpaired) electrons. The third-order valence-corrected chi connectivity index (χ3v) is 0.737. The zero-order valence-corrected chi connectivity index (χ0v) is 4.70. The summed E-state index contributed by atoms with van der Waals surface area (Å²) >= 11 is 3.68. The van der Waals surface area contributed by atoms with Crippen LogP contribution < -0.4 is 0 Å². The van der Waals surface area contributed by atoms with Crippen molar-refractivity contribution in [3.8, 4) is 0 Å². The molecule has 0 aromatic rings. The Balaban J connectivity index is 3.26. The molecule has 0 unspecified atom stereocenters. The van der Waals surface area contributed by atoms with Crippen molar-refractivity contribution in [3.63, 3.8) is 0 Å². The predicted molar refractivity (Wildman–Crippen MR) is 27.4 cm³/mol. The monoisotopic (exact) mass is 105 g/mol. The molecule has 0 atom stereocenters. The summed E-state index contributed by atoms with van der Waals surface area (Å²) in [6.07, 6.45) is 0. The van der Waals surface area contributed by atoms with Crippen molar-refractivity contribution < 1.29 is 4.79 Å². The molecule has 2 nitrogen and oxygen atoms in total. The number of amides is 1. The van der Waals surface area contributed by atoms with E-state index in [0.29, 0.717) is 0 Å². The fourth-order valence-electron chi connectivity index (χ4n) is 0. The number of hydrogen-bond donors (Lipinski definition) is 1. The topological polar surface area (TPSA) is 20.3 Å². The van der Waals surface area contributed by atoms with Crippen LogP contribution in [0.15, 0.2) is 0 Å². The van der Waals surface area contributed by atoms with Crippen molar-refractivity contribution in [2.24, 2.45) is 0 Å². The van der Waals surface area contributed by atoms with Gasteiger partial charge in [-0.25, -0.2) is 0 Å². The number of carbonyl (C=O) groups is 1. The standard InChI is InChI=1S/C3H7NOS/c1-3(5)4(2)6/h6H,1-2H3. The molecular weight excluding hydrogens is 98.1 g/mol. The minimum atomic E-state index is -0.0432. The van der Waals surface area contributed by atoms with Crippen molar-refractivity contribution in [3.05, 3.63) is 0 Å². The molecule has 0 saturated carbocycles. The van der Waals surface area contributed by atoms with Crippen LogP contribution in [-0.4, -0.2) is 17.3 Å². The van der Waals surface area contributed by atoms with Crippen LogP contribution in [0.3, 0.4) is 0 Å². The van der Waals surface area contributed by atoms with Crippen molar-refractivity contribution in [2.75, 3.05) is 7.05 Å². The lowest BCUT2D eigenvalue weighted by atomic mass is 10.7. The number of thiol groups is 1.